The molecule has 0 radical (unpaired) electrons. The number of ether oxygens (including phenoxy) is 1. The minimum atomic E-state index is -0.772. The molecule has 0 atom stereocenters. The van der Waals surface area contributed by atoms with Gasteiger partial charge in [0.2, 0.25) is 0 Å². The Morgan fingerprint density at radius 3 is 2.21 bits per heavy atom. The van der Waals surface area contributed by atoms with Crippen LogP contribution >= 0.6 is 39.1 Å². The van der Waals surface area contributed by atoms with Crippen molar-refractivity contribution in [2.24, 2.45) is 0 Å². The fourth-order valence-electron chi connectivity index (χ4n) is 4.33. The van der Waals surface area contributed by atoms with Gasteiger partial charge in [-0.2, -0.15) is 0 Å². The molecule has 1 fully saturated rings. The van der Waals surface area contributed by atoms with Crippen molar-refractivity contribution in [1.29, 1.82) is 0 Å². The molecule has 4 rings (SSSR count). The van der Waals surface area contributed by atoms with Gasteiger partial charge in [0.25, 0.3) is 5.91 Å². The van der Waals surface area contributed by atoms with Gasteiger partial charge in [-0.1, -0.05) is 57.3 Å². The third kappa shape index (κ3) is 7.14. The number of amides is 3. The van der Waals surface area contributed by atoms with E-state index in [2.05, 4.69) is 31.9 Å². The Hall–Kier alpha value is -2.91. The minimum Gasteiger partial charge on any atom is -0.381 e. The second kappa shape index (κ2) is 12.8. The molecule has 0 saturated carbocycles. The molecule has 3 aromatic rings. The largest absolute Gasteiger partial charge is 0.381 e. The van der Waals surface area contributed by atoms with E-state index in [4.69, 9.17) is 27.9 Å². The average Bonchev–Trinajstić information content (AvgIpc) is 2.92. The van der Waals surface area contributed by atoms with Crippen LogP contribution in [0, 0.1) is 0 Å². The number of carbonyl (C=O) groups excluding carboxylic acids is 3. The van der Waals surface area contributed by atoms with Gasteiger partial charge in [-0.05, 0) is 72.5 Å². The van der Waals surface area contributed by atoms with E-state index in [1.165, 1.54) is 0 Å². The van der Waals surface area contributed by atoms with E-state index in [0.717, 1.165) is 15.6 Å². The molecular weight excluding hydrogens is 593 g/mol. The zero-order chi connectivity index (χ0) is 27.1. The molecule has 3 amide bonds. The molecule has 1 saturated heterocycles. The standard InChI is InChI=1S/C28H26BrCl2N3O4/c29-20-5-3-19(4-6-20)25(35)32-16-18-1-8-22(9-2-18)34-27(37)26(36)33-17-28(11-13-38-14-12-28)23-10-7-21(30)15-24(23)31/h1-10,15H,11-14,16-17H2,(H,32,35)(H,33,36)(H,34,37). The molecule has 0 bridgehead atoms. The molecule has 0 aromatic heterocycles. The first kappa shape index (κ1) is 28.1. The monoisotopic (exact) mass is 617 g/mol. The number of anilines is 1. The lowest BCUT2D eigenvalue weighted by Crippen LogP contribution is -2.47. The highest BCUT2D eigenvalue weighted by Crippen LogP contribution is 2.39. The van der Waals surface area contributed by atoms with Crippen molar-refractivity contribution in [1.82, 2.24) is 10.6 Å². The summed E-state index contributed by atoms with van der Waals surface area (Å²) >= 11 is 15.9. The zero-order valence-corrected chi connectivity index (χ0v) is 23.5. The van der Waals surface area contributed by atoms with Crippen LogP contribution in [0.5, 0.6) is 0 Å². The van der Waals surface area contributed by atoms with E-state index in [0.29, 0.717) is 53.9 Å². The fraction of sp³-hybridized carbons (Fsp3) is 0.250. The summed E-state index contributed by atoms with van der Waals surface area (Å²) in [5.41, 5.74) is 2.28. The third-order valence-electron chi connectivity index (χ3n) is 6.52. The molecule has 3 N–H and O–H groups in total. The van der Waals surface area contributed by atoms with Crippen LogP contribution in [0.1, 0.15) is 34.3 Å². The number of rotatable bonds is 7. The SMILES string of the molecule is O=C(NCC1(c2ccc(Cl)cc2Cl)CCOCC1)C(=O)Nc1ccc(CNC(=O)c2ccc(Br)cc2)cc1. The summed E-state index contributed by atoms with van der Waals surface area (Å²) < 4.78 is 6.42. The molecule has 10 heteroatoms. The van der Waals surface area contributed by atoms with Crippen LogP contribution < -0.4 is 16.0 Å². The van der Waals surface area contributed by atoms with E-state index in [1.807, 2.05) is 6.07 Å². The molecule has 7 nitrogen and oxygen atoms in total. The van der Waals surface area contributed by atoms with Crippen LogP contribution in [0.15, 0.2) is 71.2 Å². The highest BCUT2D eigenvalue weighted by atomic mass is 79.9. The molecule has 0 aliphatic carbocycles. The molecule has 1 heterocycles. The number of hydrogen-bond acceptors (Lipinski definition) is 4. The Kier molecular flexibility index (Phi) is 9.44. The Morgan fingerprint density at radius 1 is 0.868 bits per heavy atom. The summed E-state index contributed by atoms with van der Waals surface area (Å²) in [5.74, 6) is -1.70. The number of benzene rings is 3. The van der Waals surface area contributed by atoms with Gasteiger partial charge in [0.15, 0.2) is 0 Å². The van der Waals surface area contributed by atoms with E-state index in [9.17, 15) is 14.4 Å². The Labute approximate surface area is 239 Å². The van der Waals surface area contributed by atoms with Gasteiger partial charge in [0.1, 0.15) is 0 Å². The van der Waals surface area contributed by atoms with Crippen LogP contribution in [-0.2, 0) is 26.3 Å². The quantitative estimate of drug-likeness (QED) is 0.305. The Morgan fingerprint density at radius 2 is 1.55 bits per heavy atom. The van der Waals surface area contributed by atoms with E-state index < -0.39 is 17.2 Å². The third-order valence-corrected chi connectivity index (χ3v) is 7.59. The summed E-state index contributed by atoms with van der Waals surface area (Å²) in [7, 11) is 0. The van der Waals surface area contributed by atoms with Crippen molar-refractivity contribution in [2.75, 3.05) is 25.1 Å². The van der Waals surface area contributed by atoms with Gasteiger partial charge in [-0.15, -0.1) is 0 Å². The molecule has 3 aromatic carbocycles. The molecule has 38 heavy (non-hydrogen) atoms. The van der Waals surface area contributed by atoms with Crippen LogP contribution in [0.4, 0.5) is 5.69 Å². The number of carbonyl (C=O) groups is 3. The number of nitrogens with one attached hydrogen (secondary N) is 3. The Bertz CT molecular complexity index is 1310. The smallest absolute Gasteiger partial charge is 0.313 e. The summed E-state index contributed by atoms with van der Waals surface area (Å²) in [6.07, 6.45) is 1.30. The maximum Gasteiger partial charge on any atom is 0.313 e. The average molecular weight is 619 g/mol. The van der Waals surface area contributed by atoms with Crippen LogP contribution in [0.2, 0.25) is 10.0 Å². The van der Waals surface area contributed by atoms with Crippen molar-refractivity contribution in [3.05, 3.63) is 97.9 Å². The van der Waals surface area contributed by atoms with Crippen LogP contribution in [0.3, 0.4) is 0 Å². The maximum absolute atomic E-state index is 12.6. The lowest BCUT2D eigenvalue weighted by atomic mass is 9.74. The van der Waals surface area contributed by atoms with E-state index >= 15 is 0 Å². The topological polar surface area (TPSA) is 96.5 Å². The number of halogens is 3. The van der Waals surface area contributed by atoms with Gasteiger partial charge in [-0.3, -0.25) is 14.4 Å². The van der Waals surface area contributed by atoms with Crippen molar-refractivity contribution >= 4 is 62.5 Å². The van der Waals surface area contributed by atoms with Gasteiger partial charge in [0, 0.05) is 57.5 Å². The predicted molar refractivity (Wildman–Crippen MR) is 152 cm³/mol. The van der Waals surface area contributed by atoms with Crippen molar-refractivity contribution in [3.63, 3.8) is 0 Å². The maximum atomic E-state index is 12.6. The van der Waals surface area contributed by atoms with Crippen LogP contribution in [0.25, 0.3) is 0 Å². The summed E-state index contributed by atoms with van der Waals surface area (Å²) in [5, 5.41) is 9.28. The molecule has 0 unspecified atom stereocenters. The van der Waals surface area contributed by atoms with Crippen molar-refractivity contribution in [2.45, 2.75) is 24.8 Å². The fourth-order valence-corrected chi connectivity index (χ4v) is 5.21. The van der Waals surface area contributed by atoms with E-state index in [1.54, 1.807) is 60.7 Å². The van der Waals surface area contributed by atoms with Crippen molar-refractivity contribution in [3.8, 4) is 0 Å². The molecule has 1 aliphatic heterocycles. The van der Waals surface area contributed by atoms with Crippen molar-refractivity contribution < 1.29 is 19.1 Å². The first-order valence-corrected chi connectivity index (χ1v) is 13.6. The second-order valence-corrected chi connectivity index (χ2v) is 10.8. The summed E-state index contributed by atoms with van der Waals surface area (Å²) in [6, 6.07) is 19.3. The minimum absolute atomic E-state index is 0.186. The summed E-state index contributed by atoms with van der Waals surface area (Å²) in [4.78, 5) is 37.5. The van der Waals surface area contributed by atoms with Crippen LogP contribution in [-0.4, -0.2) is 37.5 Å². The van der Waals surface area contributed by atoms with Gasteiger partial charge in [0.05, 0.1) is 0 Å². The van der Waals surface area contributed by atoms with Gasteiger partial charge < -0.3 is 20.7 Å². The second-order valence-electron chi connectivity index (χ2n) is 9.04. The number of hydrogen-bond donors (Lipinski definition) is 3. The molecule has 0 spiro atoms. The first-order chi connectivity index (χ1) is 18.3. The van der Waals surface area contributed by atoms with Gasteiger partial charge >= 0.3 is 11.8 Å². The van der Waals surface area contributed by atoms with E-state index in [-0.39, 0.29) is 12.5 Å². The lowest BCUT2D eigenvalue weighted by Gasteiger charge is -2.38. The Balaban J connectivity index is 1.31. The molecular formula is C28H26BrCl2N3O4. The molecule has 1 aliphatic rings. The zero-order valence-electron chi connectivity index (χ0n) is 20.4. The molecule has 198 valence electrons. The highest BCUT2D eigenvalue weighted by molar-refractivity contribution is 9.10. The first-order valence-electron chi connectivity index (χ1n) is 12.0. The highest BCUT2D eigenvalue weighted by Gasteiger charge is 2.37. The normalized spacial score (nSPS) is 14.4. The lowest BCUT2D eigenvalue weighted by molar-refractivity contribution is -0.136. The predicted octanol–water partition coefficient (Wildman–Crippen LogP) is 5.49. The van der Waals surface area contributed by atoms with Gasteiger partial charge in [-0.25, -0.2) is 0 Å². The summed E-state index contributed by atoms with van der Waals surface area (Å²) in [6.45, 7) is 1.61.